The van der Waals surface area contributed by atoms with Crippen LogP contribution in [0.3, 0.4) is 0 Å². The van der Waals surface area contributed by atoms with Gasteiger partial charge in [0.15, 0.2) is 0 Å². The van der Waals surface area contributed by atoms with Crippen LogP contribution in [0.2, 0.25) is 0 Å². The lowest BCUT2D eigenvalue weighted by Gasteiger charge is -2.40. The first-order valence-electron chi connectivity index (χ1n) is 8.48. The van der Waals surface area contributed by atoms with E-state index >= 15 is 0 Å². The molecule has 2 N–H and O–H groups in total. The maximum Gasteiger partial charge on any atom is 0.308 e. The van der Waals surface area contributed by atoms with Gasteiger partial charge in [-0.1, -0.05) is 50.6 Å². The van der Waals surface area contributed by atoms with Crippen LogP contribution in [0, 0.1) is 17.3 Å². The summed E-state index contributed by atoms with van der Waals surface area (Å²) in [6, 6.07) is 10.0. The van der Waals surface area contributed by atoms with Gasteiger partial charge < -0.3 is 10.4 Å². The fraction of sp³-hybridized carbons (Fsp3) is 0.579. The Labute approximate surface area is 138 Å². The van der Waals surface area contributed by atoms with E-state index < -0.39 is 11.9 Å². The van der Waals surface area contributed by atoms with Gasteiger partial charge in [0.1, 0.15) is 0 Å². The highest BCUT2D eigenvalue weighted by molar-refractivity contribution is 5.84. The number of benzene rings is 1. The summed E-state index contributed by atoms with van der Waals surface area (Å²) >= 11 is 0. The average molecular weight is 317 g/mol. The predicted molar refractivity (Wildman–Crippen MR) is 90.0 cm³/mol. The maximum atomic E-state index is 12.7. The van der Waals surface area contributed by atoms with Crippen molar-refractivity contribution in [2.24, 2.45) is 17.3 Å². The van der Waals surface area contributed by atoms with Crippen LogP contribution >= 0.6 is 0 Å². The van der Waals surface area contributed by atoms with Gasteiger partial charge in [-0.2, -0.15) is 0 Å². The molecule has 0 saturated heterocycles. The summed E-state index contributed by atoms with van der Waals surface area (Å²) in [5.41, 5.74) is 0.821. The standard InChI is InChI=1S/C19H27NO3/c1-14(2)11-16(17(21)22)13-20-18(23)19(9-6-10-19)12-15-7-4-3-5-8-15/h3-5,7-8,14,16H,6,9-13H2,1-2H3,(H,20,23)(H,21,22). The lowest BCUT2D eigenvalue weighted by Crippen LogP contribution is -2.48. The molecule has 2 rings (SSSR count). The number of hydrogen-bond acceptors (Lipinski definition) is 2. The van der Waals surface area contributed by atoms with E-state index in [1.54, 1.807) is 0 Å². The Morgan fingerprint density at radius 1 is 1.22 bits per heavy atom. The molecule has 1 aliphatic carbocycles. The molecule has 0 bridgehead atoms. The Hall–Kier alpha value is -1.84. The van der Waals surface area contributed by atoms with Gasteiger partial charge in [0, 0.05) is 6.54 Å². The summed E-state index contributed by atoms with van der Waals surface area (Å²) in [5.74, 6) is -1.02. The van der Waals surface area contributed by atoms with Gasteiger partial charge >= 0.3 is 5.97 Å². The summed E-state index contributed by atoms with van der Waals surface area (Å²) in [6.45, 7) is 4.23. The SMILES string of the molecule is CC(C)CC(CNC(=O)C1(Cc2ccccc2)CCC1)C(=O)O. The van der Waals surface area contributed by atoms with Crippen molar-refractivity contribution in [1.82, 2.24) is 5.32 Å². The second kappa shape index (κ2) is 7.62. The number of rotatable bonds is 8. The first-order valence-corrected chi connectivity index (χ1v) is 8.48. The zero-order valence-electron chi connectivity index (χ0n) is 14.0. The predicted octanol–water partition coefficient (Wildman–Crippen LogP) is 3.26. The van der Waals surface area contributed by atoms with Gasteiger partial charge in [-0.15, -0.1) is 0 Å². The highest BCUT2D eigenvalue weighted by Crippen LogP contribution is 2.44. The van der Waals surface area contributed by atoms with E-state index in [9.17, 15) is 14.7 Å². The fourth-order valence-electron chi connectivity index (χ4n) is 3.32. The molecule has 1 unspecified atom stereocenters. The second-order valence-electron chi connectivity index (χ2n) is 7.17. The van der Waals surface area contributed by atoms with Crippen LogP contribution in [0.4, 0.5) is 0 Å². The third-order valence-corrected chi connectivity index (χ3v) is 4.79. The van der Waals surface area contributed by atoms with E-state index in [1.807, 2.05) is 44.2 Å². The number of carbonyl (C=O) groups excluding carboxylic acids is 1. The molecule has 4 nitrogen and oxygen atoms in total. The highest BCUT2D eigenvalue weighted by atomic mass is 16.4. The van der Waals surface area contributed by atoms with Gasteiger partial charge in [0.05, 0.1) is 11.3 Å². The molecule has 1 amide bonds. The van der Waals surface area contributed by atoms with Crippen LogP contribution in [-0.2, 0) is 16.0 Å². The normalized spacial score (nSPS) is 17.3. The molecule has 0 heterocycles. The van der Waals surface area contributed by atoms with Crippen molar-refractivity contribution >= 4 is 11.9 Å². The van der Waals surface area contributed by atoms with Crippen molar-refractivity contribution in [3.63, 3.8) is 0 Å². The van der Waals surface area contributed by atoms with Crippen molar-refractivity contribution in [1.29, 1.82) is 0 Å². The highest BCUT2D eigenvalue weighted by Gasteiger charge is 2.44. The van der Waals surface area contributed by atoms with E-state index in [4.69, 9.17) is 0 Å². The smallest absolute Gasteiger partial charge is 0.308 e. The minimum atomic E-state index is -0.829. The van der Waals surface area contributed by atoms with Crippen LogP contribution in [-0.4, -0.2) is 23.5 Å². The van der Waals surface area contributed by atoms with Gasteiger partial charge in [0.2, 0.25) is 5.91 Å². The molecular weight excluding hydrogens is 290 g/mol. The van der Waals surface area contributed by atoms with E-state index in [-0.39, 0.29) is 17.9 Å². The summed E-state index contributed by atoms with van der Waals surface area (Å²) in [4.78, 5) is 24.0. The second-order valence-corrected chi connectivity index (χ2v) is 7.17. The number of hydrogen-bond donors (Lipinski definition) is 2. The molecule has 1 atom stereocenters. The van der Waals surface area contributed by atoms with E-state index in [0.29, 0.717) is 12.3 Å². The molecule has 1 aromatic rings. The van der Waals surface area contributed by atoms with Crippen LogP contribution < -0.4 is 5.32 Å². The summed E-state index contributed by atoms with van der Waals surface area (Å²) in [6.07, 6.45) is 4.16. The Balaban J connectivity index is 1.96. The van der Waals surface area contributed by atoms with Gasteiger partial charge in [-0.05, 0) is 37.2 Å². The molecule has 0 radical (unpaired) electrons. The molecule has 4 heteroatoms. The first kappa shape index (κ1) is 17.5. The fourth-order valence-corrected chi connectivity index (χ4v) is 3.32. The average Bonchev–Trinajstić information content (AvgIpc) is 2.47. The van der Waals surface area contributed by atoms with Crippen molar-refractivity contribution in [2.45, 2.75) is 46.0 Å². The topological polar surface area (TPSA) is 66.4 Å². The molecule has 0 aromatic heterocycles. The summed E-state index contributed by atoms with van der Waals surface area (Å²) in [7, 11) is 0. The summed E-state index contributed by atoms with van der Waals surface area (Å²) < 4.78 is 0. The van der Waals surface area contributed by atoms with Crippen LogP contribution in [0.25, 0.3) is 0 Å². The van der Waals surface area contributed by atoms with Gasteiger partial charge in [-0.25, -0.2) is 0 Å². The van der Waals surface area contributed by atoms with Crippen molar-refractivity contribution in [2.75, 3.05) is 6.54 Å². The molecule has 1 saturated carbocycles. The molecular formula is C19H27NO3. The maximum absolute atomic E-state index is 12.7. The quantitative estimate of drug-likeness (QED) is 0.773. The zero-order chi connectivity index (χ0) is 16.9. The number of carboxylic acids is 1. The number of aliphatic carboxylic acids is 1. The zero-order valence-corrected chi connectivity index (χ0v) is 14.0. The van der Waals surface area contributed by atoms with Gasteiger partial charge in [0.25, 0.3) is 0 Å². The van der Waals surface area contributed by atoms with E-state index in [0.717, 1.165) is 25.7 Å². The number of nitrogens with one attached hydrogen (secondary N) is 1. The third kappa shape index (κ3) is 4.57. The number of carboxylic acid groups (broad SMARTS) is 1. The Morgan fingerprint density at radius 2 is 1.87 bits per heavy atom. The van der Waals surface area contributed by atoms with Crippen LogP contribution in [0.15, 0.2) is 30.3 Å². The van der Waals surface area contributed by atoms with Crippen LogP contribution in [0.5, 0.6) is 0 Å². The molecule has 1 aromatic carbocycles. The molecule has 126 valence electrons. The lowest BCUT2D eigenvalue weighted by molar-refractivity contribution is -0.143. The molecule has 1 aliphatic rings. The largest absolute Gasteiger partial charge is 0.481 e. The molecule has 1 fully saturated rings. The lowest BCUT2D eigenvalue weighted by atomic mass is 9.64. The summed E-state index contributed by atoms with van der Waals surface area (Å²) in [5, 5.41) is 12.2. The Bertz CT molecular complexity index is 535. The number of amides is 1. The Kier molecular flexibility index (Phi) is 5.80. The van der Waals surface area contributed by atoms with E-state index in [2.05, 4.69) is 5.32 Å². The first-order chi connectivity index (χ1) is 10.9. The van der Waals surface area contributed by atoms with E-state index in [1.165, 1.54) is 5.56 Å². The molecule has 0 spiro atoms. The number of carbonyl (C=O) groups is 2. The van der Waals surface area contributed by atoms with Gasteiger partial charge in [-0.3, -0.25) is 9.59 Å². The third-order valence-electron chi connectivity index (χ3n) is 4.79. The monoisotopic (exact) mass is 317 g/mol. The minimum Gasteiger partial charge on any atom is -0.481 e. The molecule has 23 heavy (non-hydrogen) atoms. The molecule has 0 aliphatic heterocycles. The van der Waals surface area contributed by atoms with Crippen molar-refractivity contribution in [3.8, 4) is 0 Å². The minimum absolute atomic E-state index is 0.0163. The van der Waals surface area contributed by atoms with Crippen LogP contribution in [0.1, 0.15) is 45.1 Å². The van der Waals surface area contributed by atoms with Crippen molar-refractivity contribution in [3.05, 3.63) is 35.9 Å². The Morgan fingerprint density at radius 3 is 2.35 bits per heavy atom. The van der Waals surface area contributed by atoms with Crippen molar-refractivity contribution < 1.29 is 14.7 Å².